The Bertz CT molecular complexity index is 1400. The molecule has 0 unspecified atom stereocenters. The van der Waals surface area contributed by atoms with Crippen LogP contribution in [-0.4, -0.2) is 28.7 Å². The van der Waals surface area contributed by atoms with Crippen LogP contribution in [-0.2, 0) is 28.3 Å². The van der Waals surface area contributed by atoms with Crippen LogP contribution in [0.1, 0.15) is 50.8 Å². The van der Waals surface area contributed by atoms with E-state index in [4.69, 9.17) is 9.72 Å². The first-order valence-corrected chi connectivity index (χ1v) is 14.5. The smallest absolute Gasteiger partial charge is 0.343 e. The number of aromatic nitrogens is 2. The summed E-state index contributed by atoms with van der Waals surface area (Å²) in [4.78, 5) is 31.0. The third-order valence-electron chi connectivity index (χ3n) is 8.09. The van der Waals surface area contributed by atoms with Gasteiger partial charge in [-0.05, 0) is 29.5 Å². The zero-order chi connectivity index (χ0) is 23.9. The van der Waals surface area contributed by atoms with Crippen molar-refractivity contribution in [2.75, 3.05) is 0 Å². The molecule has 3 aromatic rings. The number of cyclic esters (lactones) is 1. The Morgan fingerprint density at radius 1 is 1.18 bits per heavy atom. The molecule has 1 aromatic carbocycles. The van der Waals surface area contributed by atoms with E-state index >= 15 is 0 Å². The van der Waals surface area contributed by atoms with Gasteiger partial charge in [0.15, 0.2) is 5.60 Å². The molecular formula is C26H30N2O4Si-. The highest BCUT2D eigenvalue weighted by atomic mass is 28.3. The van der Waals surface area contributed by atoms with Gasteiger partial charge in [0, 0.05) is 5.56 Å². The van der Waals surface area contributed by atoms with Gasteiger partial charge in [-0.15, -0.1) is 13.1 Å². The fourth-order valence-corrected chi connectivity index (χ4v) is 7.70. The van der Waals surface area contributed by atoms with E-state index in [1.54, 1.807) is 17.6 Å². The first-order chi connectivity index (χ1) is 15.4. The summed E-state index contributed by atoms with van der Waals surface area (Å²) in [5.41, 5.74) is 2.12. The number of hydrogen-bond donors (Lipinski definition) is 1. The lowest BCUT2D eigenvalue weighted by Gasteiger charge is -2.50. The van der Waals surface area contributed by atoms with Crippen LogP contribution in [0.4, 0.5) is 0 Å². The normalized spacial score (nSPS) is 19.8. The van der Waals surface area contributed by atoms with Crippen molar-refractivity contribution in [3.05, 3.63) is 57.4 Å². The molecule has 2 aliphatic rings. The van der Waals surface area contributed by atoms with Crippen molar-refractivity contribution < 1.29 is 14.6 Å². The number of benzene rings is 1. The molecule has 1 atom stereocenters. The monoisotopic (exact) mass is 462 g/mol. The van der Waals surface area contributed by atoms with Gasteiger partial charge in [0.1, 0.15) is 6.61 Å². The molecule has 0 aliphatic carbocycles. The maximum absolute atomic E-state index is 13.6. The lowest BCUT2D eigenvalue weighted by molar-refractivity contribution is -0.172. The molecule has 0 amide bonds. The maximum Gasteiger partial charge on any atom is 0.343 e. The number of esters is 1. The van der Waals surface area contributed by atoms with Crippen molar-refractivity contribution in [2.24, 2.45) is 0 Å². The molecule has 6 nitrogen and oxygen atoms in total. The molecule has 1 N–H and O–H groups in total. The largest absolute Gasteiger partial charge is 0.458 e. The molecule has 2 aliphatic heterocycles. The summed E-state index contributed by atoms with van der Waals surface area (Å²) in [6.07, 6.45) is 0.134. The Balaban J connectivity index is 1.87. The predicted octanol–water partition coefficient (Wildman–Crippen LogP) is 3.80. The molecule has 0 saturated carbocycles. The van der Waals surface area contributed by atoms with E-state index in [0.717, 1.165) is 22.2 Å². The third-order valence-corrected chi connectivity index (χ3v) is 13.7. The lowest BCUT2D eigenvalue weighted by atomic mass is 9.86. The lowest BCUT2D eigenvalue weighted by Crippen LogP contribution is -2.51. The van der Waals surface area contributed by atoms with E-state index in [0.29, 0.717) is 23.4 Å². The minimum atomic E-state index is -2.02. The van der Waals surface area contributed by atoms with Crippen LogP contribution in [0.15, 0.2) is 35.1 Å². The van der Waals surface area contributed by atoms with Gasteiger partial charge in [-0.1, -0.05) is 45.9 Å². The van der Waals surface area contributed by atoms with Crippen LogP contribution < -0.4 is 10.7 Å². The zero-order valence-electron chi connectivity index (χ0n) is 20.1. The Hall–Kier alpha value is -2.77. The number of hydrogen-bond acceptors (Lipinski definition) is 5. The predicted molar refractivity (Wildman–Crippen MR) is 131 cm³/mol. The fourth-order valence-electron chi connectivity index (χ4n) is 5.12. The first kappa shape index (κ1) is 22.0. The second-order valence-electron chi connectivity index (χ2n) is 10.8. The number of ether oxygens (including phenoxy) is 1. The molecule has 0 saturated heterocycles. The molecule has 0 bridgehead atoms. The molecule has 5 rings (SSSR count). The Morgan fingerprint density at radius 3 is 2.55 bits per heavy atom. The van der Waals surface area contributed by atoms with E-state index in [1.165, 1.54) is 5.19 Å². The molecule has 7 heteroatoms. The minimum absolute atomic E-state index is 0.0899. The van der Waals surface area contributed by atoms with Crippen molar-refractivity contribution in [3.8, 4) is 11.4 Å². The van der Waals surface area contributed by atoms with Crippen molar-refractivity contribution in [3.63, 3.8) is 0 Å². The highest BCUT2D eigenvalue weighted by Gasteiger charge is 2.45. The summed E-state index contributed by atoms with van der Waals surface area (Å²) < 4.78 is 6.94. The van der Waals surface area contributed by atoms with Gasteiger partial charge < -0.3 is 14.4 Å². The van der Waals surface area contributed by atoms with Gasteiger partial charge in [0.05, 0.1) is 29.0 Å². The van der Waals surface area contributed by atoms with Gasteiger partial charge >= 0.3 is 5.97 Å². The number of nitrogens with zero attached hydrogens (tertiary/aromatic N) is 2. The maximum atomic E-state index is 13.6. The summed E-state index contributed by atoms with van der Waals surface area (Å²) in [6.45, 7) is 13.7. The Morgan fingerprint density at radius 2 is 1.88 bits per heavy atom. The van der Waals surface area contributed by atoms with Crippen LogP contribution in [0, 0.1) is 0 Å². The quantitative estimate of drug-likeness (QED) is 0.362. The summed E-state index contributed by atoms with van der Waals surface area (Å²) in [6, 6.07) is 9.98. The third kappa shape index (κ3) is 2.85. The van der Waals surface area contributed by atoms with Crippen molar-refractivity contribution in [2.45, 2.75) is 71.0 Å². The molecule has 0 spiro atoms. The number of rotatable bonds is 2. The molecule has 33 heavy (non-hydrogen) atoms. The molecule has 173 valence electrons. The standard InChI is InChI=1S/C26H30N2O4Si/c1-7-26(31)18-12-20-21-16(13-28(20)23(29)17(18)14-32-24(26)30)22(33(5,6)25(2,3)4)15-10-8-9-11-19(15)27-21/h8-12,31H,7,13-14H2,1-6H3/q-1/t26-/m0/s1. The number of aliphatic hydroxyl groups is 1. The highest BCUT2D eigenvalue weighted by Crippen LogP contribution is 2.42. The summed E-state index contributed by atoms with van der Waals surface area (Å²) in [5.74, 6) is -0.700. The van der Waals surface area contributed by atoms with Crippen LogP contribution in [0.2, 0.25) is 18.1 Å². The molecule has 2 aromatic heterocycles. The molecule has 0 radical (unpaired) electrons. The molecular weight excluding hydrogens is 432 g/mol. The second-order valence-corrected chi connectivity index (χ2v) is 16.1. The van der Waals surface area contributed by atoms with E-state index in [1.807, 2.05) is 18.2 Å². The topological polar surface area (TPSA) is 81.4 Å². The number of pyridine rings is 2. The van der Waals surface area contributed by atoms with Crippen LogP contribution >= 0.6 is 0 Å². The number of carbonyl (C=O) groups is 1. The molecule has 4 heterocycles. The fraction of sp³-hybridized carbons (Fsp3) is 0.423. The summed E-state index contributed by atoms with van der Waals surface area (Å²) in [7, 11) is -2.02. The van der Waals surface area contributed by atoms with Gasteiger partial charge in [-0.25, -0.2) is 9.78 Å². The van der Waals surface area contributed by atoms with Crippen LogP contribution in [0.25, 0.3) is 22.3 Å². The van der Waals surface area contributed by atoms with Crippen molar-refractivity contribution in [1.29, 1.82) is 0 Å². The van der Waals surface area contributed by atoms with Gasteiger partial charge in [-0.2, -0.15) is 18.3 Å². The van der Waals surface area contributed by atoms with Gasteiger partial charge in [-0.3, -0.25) is 4.79 Å². The van der Waals surface area contributed by atoms with E-state index in [2.05, 4.69) is 39.9 Å². The van der Waals surface area contributed by atoms with Gasteiger partial charge in [0.2, 0.25) is 0 Å². The van der Waals surface area contributed by atoms with Crippen LogP contribution in [0.5, 0.6) is 0 Å². The van der Waals surface area contributed by atoms with Crippen LogP contribution in [0.3, 0.4) is 0 Å². The van der Waals surface area contributed by atoms with E-state index in [9.17, 15) is 14.7 Å². The van der Waals surface area contributed by atoms with Crippen molar-refractivity contribution in [1.82, 2.24) is 9.55 Å². The van der Waals surface area contributed by atoms with Gasteiger partial charge in [0.25, 0.3) is 5.56 Å². The average Bonchev–Trinajstić information content (AvgIpc) is 3.12. The minimum Gasteiger partial charge on any atom is -0.458 e. The SMILES string of the molecule is CC[C@@]1(O)C(=O)OCc2c1cc1n(c2=O)Cc2c-1nc1ccccc1c2[Si-](C)(C)C(C)(C)C. The zero-order valence-corrected chi connectivity index (χ0v) is 21.1. The summed E-state index contributed by atoms with van der Waals surface area (Å²) in [5, 5.41) is 13.7. The van der Waals surface area contributed by atoms with E-state index < -0.39 is 19.6 Å². The molecule has 0 fully saturated rings. The van der Waals surface area contributed by atoms with E-state index in [-0.39, 0.29) is 23.6 Å². The summed E-state index contributed by atoms with van der Waals surface area (Å²) >= 11 is 0. The number of carbonyl (C=O) groups excluding carboxylic acids is 1. The first-order valence-electron chi connectivity index (χ1n) is 11.5. The number of fused-ring (bicyclic) bond motifs is 5. The average molecular weight is 463 g/mol. The van der Waals surface area contributed by atoms with Crippen molar-refractivity contribution >= 4 is 30.1 Å². The highest BCUT2D eigenvalue weighted by molar-refractivity contribution is 6.94. The Labute approximate surface area is 194 Å². The second kappa shape index (κ2) is 6.87. The number of para-hydroxylation sites is 1. The Kier molecular flexibility index (Phi) is 4.59.